The molecule has 0 unspecified atom stereocenters. The lowest BCUT2D eigenvalue weighted by atomic mass is 9.98. The molecule has 1 amide bonds. The van der Waals surface area contributed by atoms with Crippen molar-refractivity contribution in [2.45, 2.75) is 25.3 Å². The van der Waals surface area contributed by atoms with Gasteiger partial charge in [-0.25, -0.2) is 4.79 Å². The maximum absolute atomic E-state index is 12.0. The molecule has 1 aromatic carbocycles. The molecule has 0 aromatic heterocycles. The lowest BCUT2D eigenvalue weighted by Crippen LogP contribution is -2.48. The molecule has 1 aliphatic rings. The molecule has 1 aliphatic carbocycles. The lowest BCUT2D eigenvalue weighted by molar-refractivity contribution is -0.144. The first kappa shape index (κ1) is 19.0. The van der Waals surface area contributed by atoms with Crippen LogP contribution in [0.1, 0.15) is 25.3 Å². The molecule has 0 bridgehead atoms. The predicted molar refractivity (Wildman–Crippen MR) is 92.4 cm³/mol. The number of nitrogens with zero attached hydrogens (tertiary/aromatic N) is 2. The van der Waals surface area contributed by atoms with Crippen molar-refractivity contribution in [1.82, 2.24) is 5.32 Å². The molecule has 1 aromatic rings. The zero-order valence-electron chi connectivity index (χ0n) is 14.6. The standard InChI is InChI=1S/C19H19N3O4/c1-19(12-21,15-5-6-15)22-17(23)11-26-18(24)14(10-20)9-13-3-7-16(25-2)8-4-13/h3-4,7-9,15H,5-6,11H2,1-2H3,(H,22,23)/b14-9+/t19-/m1/s1. The van der Waals surface area contributed by atoms with Crippen LogP contribution in [0.15, 0.2) is 29.8 Å². The predicted octanol–water partition coefficient (Wildman–Crippen LogP) is 1.95. The molecule has 0 spiro atoms. The Hall–Kier alpha value is -3.32. The van der Waals surface area contributed by atoms with Gasteiger partial charge in [0.1, 0.15) is 22.9 Å². The van der Waals surface area contributed by atoms with Gasteiger partial charge in [-0.1, -0.05) is 12.1 Å². The summed E-state index contributed by atoms with van der Waals surface area (Å²) < 4.78 is 9.93. The Balaban J connectivity index is 1.94. The Labute approximate surface area is 151 Å². The van der Waals surface area contributed by atoms with Gasteiger partial charge in [0.15, 0.2) is 6.61 Å². The van der Waals surface area contributed by atoms with E-state index in [1.807, 2.05) is 0 Å². The van der Waals surface area contributed by atoms with Crippen molar-refractivity contribution in [3.63, 3.8) is 0 Å². The van der Waals surface area contributed by atoms with Gasteiger partial charge in [-0.15, -0.1) is 0 Å². The van der Waals surface area contributed by atoms with Gasteiger partial charge in [0, 0.05) is 0 Å². The Bertz CT molecular complexity index is 798. The number of carbonyl (C=O) groups excluding carboxylic acids is 2. The second-order valence-corrected chi connectivity index (χ2v) is 6.16. The van der Waals surface area contributed by atoms with E-state index < -0.39 is 24.0 Å². The average Bonchev–Trinajstić information content (AvgIpc) is 3.50. The highest BCUT2D eigenvalue weighted by Gasteiger charge is 2.43. The summed E-state index contributed by atoms with van der Waals surface area (Å²) in [6.07, 6.45) is 3.13. The number of hydrogen-bond acceptors (Lipinski definition) is 6. The van der Waals surface area contributed by atoms with E-state index in [1.54, 1.807) is 37.3 Å². The van der Waals surface area contributed by atoms with Crippen LogP contribution in [0.5, 0.6) is 5.75 Å². The molecule has 2 rings (SSSR count). The minimum absolute atomic E-state index is 0.122. The highest BCUT2D eigenvalue weighted by atomic mass is 16.5. The second kappa shape index (κ2) is 8.17. The van der Waals surface area contributed by atoms with Gasteiger partial charge in [-0.05, 0) is 49.5 Å². The summed E-state index contributed by atoms with van der Waals surface area (Å²) >= 11 is 0. The van der Waals surface area contributed by atoms with E-state index in [0.717, 1.165) is 12.8 Å². The molecule has 7 nitrogen and oxygen atoms in total. The van der Waals surface area contributed by atoms with E-state index in [4.69, 9.17) is 14.7 Å². The molecule has 134 valence electrons. The van der Waals surface area contributed by atoms with Gasteiger partial charge in [-0.2, -0.15) is 10.5 Å². The largest absolute Gasteiger partial charge is 0.497 e. The van der Waals surface area contributed by atoms with Crippen molar-refractivity contribution in [3.05, 3.63) is 35.4 Å². The minimum atomic E-state index is -0.958. The van der Waals surface area contributed by atoms with Crippen molar-refractivity contribution in [1.29, 1.82) is 10.5 Å². The van der Waals surface area contributed by atoms with Crippen LogP contribution in [0.2, 0.25) is 0 Å². The highest BCUT2D eigenvalue weighted by molar-refractivity contribution is 5.98. The summed E-state index contributed by atoms with van der Waals surface area (Å²) in [4.78, 5) is 23.9. The Morgan fingerprint density at radius 3 is 2.46 bits per heavy atom. The number of rotatable bonds is 7. The summed E-state index contributed by atoms with van der Waals surface area (Å²) in [5.74, 6) is -0.701. The van der Waals surface area contributed by atoms with Crippen molar-refractivity contribution in [2.24, 2.45) is 5.92 Å². The minimum Gasteiger partial charge on any atom is -0.497 e. The van der Waals surface area contributed by atoms with Crippen LogP contribution in [0.25, 0.3) is 6.08 Å². The molecular weight excluding hydrogens is 334 g/mol. The first-order chi connectivity index (χ1) is 12.4. The molecule has 0 radical (unpaired) electrons. The van der Waals surface area contributed by atoms with Crippen molar-refractivity contribution < 1.29 is 19.1 Å². The normalized spacial score (nSPS) is 15.8. The van der Waals surface area contributed by atoms with Gasteiger partial charge in [0.25, 0.3) is 5.91 Å². The molecule has 26 heavy (non-hydrogen) atoms. The number of hydrogen-bond donors (Lipinski definition) is 1. The number of benzene rings is 1. The first-order valence-electron chi connectivity index (χ1n) is 8.07. The molecule has 1 fully saturated rings. The lowest BCUT2D eigenvalue weighted by Gasteiger charge is -2.22. The number of methoxy groups -OCH3 is 1. The van der Waals surface area contributed by atoms with Crippen LogP contribution in [0, 0.1) is 28.6 Å². The average molecular weight is 353 g/mol. The summed E-state index contributed by atoms with van der Waals surface area (Å²) in [5.41, 5.74) is -0.566. The van der Waals surface area contributed by atoms with Crippen LogP contribution < -0.4 is 10.1 Å². The van der Waals surface area contributed by atoms with E-state index in [2.05, 4.69) is 11.4 Å². The molecule has 1 N–H and O–H groups in total. The molecule has 0 heterocycles. The molecule has 0 aliphatic heterocycles. The molecule has 0 saturated heterocycles. The van der Waals surface area contributed by atoms with Gasteiger partial charge in [-0.3, -0.25) is 4.79 Å². The zero-order valence-corrected chi connectivity index (χ0v) is 14.6. The smallest absolute Gasteiger partial charge is 0.349 e. The van der Waals surface area contributed by atoms with Crippen LogP contribution in [0.4, 0.5) is 0 Å². The molecule has 7 heteroatoms. The van der Waals surface area contributed by atoms with Gasteiger partial charge in [0.2, 0.25) is 0 Å². The van der Waals surface area contributed by atoms with E-state index >= 15 is 0 Å². The van der Waals surface area contributed by atoms with E-state index in [9.17, 15) is 14.9 Å². The topological polar surface area (TPSA) is 112 Å². The van der Waals surface area contributed by atoms with Gasteiger partial charge < -0.3 is 14.8 Å². The maximum Gasteiger partial charge on any atom is 0.349 e. The Morgan fingerprint density at radius 1 is 1.31 bits per heavy atom. The summed E-state index contributed by atoms with van der Waals surface area (Å²) in [7, 11) is 1.54. The number of nitriles is 2. The summed E-state index contributed by atoms with van der Waals surface area (Å²) in [6.45, 7) is 1.10. The number of esters is 1. The fourth-order valence-corrected chi connectivity index (χ4v) is 2.42. The fourth-order valence-electron chi connectivity index (χ4n) is 2.42. The van der Waals surface area contributed by atoms with Crippen molar-refractivity contribution >= 4 is 18.0 Å². The van der Waals surface area contributed by atoms with E-state index in [1.165, 1.54) is 13.2 Å². The fraction of sp³-hybridized carbons (Fsp3) is 0.368. The third kappa shape index (κ3) is 4.84. The SMILES string of the molecule is COc1ccc(/C=C(\C#N)C(=O)OCC(=O)N[C@](C)(C#N)C2CC2)cc1. The van der Waals surface area contributed by atoms with Crippen molar-refractivity contribution in [3.8, 4) is 17.9 Å². The van der Waals surface area contributed by atoms with Crippen LogP contribution in [0.3, 0.4) is 0 Å². The summed E-state index contributed by atoms with van der Waals surface area (Å²) in [5, 5.41) is 20.9. The van der Waals surface area contributed by atoms with E-state index in [-0.39, 0.29) is 11.5 Å². The van der Waals surface area contributed by atoms with Gasteiger partial charge in [0.05, 0.1) is 13.2 Å². The van der Waals surface area contributed by atoms with Crippen LogP contribution in [-0.4, -0.2) is 31.1 Å². The Morgan fingerprint density at radius 2 is 1.96 bits per heavy atom. The highest BCUT2D eigenvalue weighted by Crippen LogP contribution is 2.39. The number of amides is 1. The Kier molecular flexibility index (Phi) is 5.98. The van der Waals surface area contributed by atoms with E-state index in [0.29, 0.717) is 11.3 Å². The number of carbonyl (C=O) groups is 2. The quantitative estimate of drug-likeness (QED) is 0.455. The summed E-state index contributed by atoms with van der Waals surface area (Å²) in [6, 6.07) is 10.6. The number of ether oxygens (including phenoxy) is 2. The van der Waals surface area contributed by atoms with Gasteiger partial charge >= 0.3 is 5.97 Å². The van der Waals surface area contributed by atoms with Crippen LogP contribution in [-0.2, 0) is 14.3 Å². The monoisotopic (exact) mass is 353 g/mol. The molecule has 1 atom stereocenters. The third-order valence-electron chi connectivity index (χ3n) is 4.13. The second-order valence-electron chi connectivity index (χ2n) is 6.16. The molecular formula is C19H19N3O4. The van der Waals surface area contributed by atoms with Crippen molar-refractivity contribution in [2.75, 3.05) is 13.7 Å². The van der Waals surface area contributed by atoms with Crippen LogP contribution >= 0.6 is 0 Å². The number of nitrogens with one attached hydrogen (secondary N) is 1. The maximum atomic E-state index is 12.0. The third-order valence-corrected chi connectivity index (χ3v) is 4.13. The zero-order chi connectivity index (χ0) is 19.2. The first-order valence-corrected chi connectivity index (χ1v) is 8.07. The molecule has 1 saturated carbocycles.